The lowest BCUT2D eigenvalue weighted by Crippen LogP contribution is -2.32. The summed E-state index contributed by atoms with van der Waals surface area (Å²) in [6.45, 7) is 0.383. The normalized spacial score (nSPS) is 16.3. The number of aliphatic hydroxyl groups excluding tert-OH is 1. The molecule has 0 bridgehead atoms. The lowest BCUT2D eigenvalue weighted by atomic mass is 9.96. The molecule has 0 saturated carbocycles. The Bertz CT molecular complexity index is 700. The lowest BCUT2D eigenvalue weighted by molar-refractivity contribution is -0.121. The van der Waals surface area contributed by atoms with E-state index >= 15 is 0 Å². The highest BCUT2D eigenvalue weighted by Gasteiger charge is 2.26. The van der Waals surface area contributed by atoms with E-state index in [1.807, 2.05) is 12.1 Å². The van der Waals surface area contributed by atoms with Crippen LogP contribution in [0.1, 0.15) is 11.1 Å². The Morgan fingerprint density at radius 2 is 2.04 bits per heavy atom. The summed E-state index contributed by atoms with van der Waals surface area (Å²) in [4.78, 5) is 12.3. The van der Waals surface area contributed by atoms with Gasteiger partial charge in [0.05, 0.1) is 5.92 Å². The molecule has 2 aromatic carbocycles. The monoisotopic (exact) mass is 315 g/mol. The highest BCUT2D eigenvalue weighted by molar-refractivity contribution is 5.93. The summed E-state index contributed by atoms with van der Waals surface area (Å²) in [5, 5.41) is 11.7. The second-order valence-corrected chi connectivity index (χ2v) is 5.62. The van der Waals surface area contributed by atoms with Gasteiger partial charge in [0.1, 0.15) is 18.2 Å². The highest BCUT2D eigenvalue weighted by Crippen LogP contribution is 2.28. The van der Waals surface area contributed by atoms with Gasteiger partial charge < -0.3 is 15.2 Å². The van der Waals surface area contributed by atoms with E-state index in [2.05, 4.69) is 5.32 Å². The number of hydrogen-bond donors (Lipinski definition) is 2. The van der Waals surface area contributed by atoms with Gasteiger partial charge in [-0.3, -0.25) is 4.79 Å². The topological polar surface area (TPSA) is 58.6 Å². The van der Waals surface area contributed by atoms with Gasteiger partial charge in [-0.25, -0.2) is 4.39 Å². The van der Waals surface area contributed by atoms with Gasteiger partial charge in [0, 0.05) is 12.3 Å². The molecule has 4 nitrogen and oxygen atoms in total. The second-order valence-electron chi connectivity index (χ2n) is 5.62. The Kier molecular flexibility index (Phi) is 4.57. The number of halogens is 1. The minimum Gasteiger partial charge on any atom is -0.492 e. The van der Waals surface area contributed by atoms with Crippen molar-refractivity contribution in [1.82, 2.24) is 0 Å². The van der Waals surface area contributed by atoms with Crippen LogP contribution in [0.25, 0.3) is 0 Å². The molecule has 0 saturated heterocycles. The lowest BCUT2D eigenvalue weighted by Gasteiger charge is -2.24. The van der Waals surface area contributed by atoms with Crippen molar-refractivity contribution < 1.29 is 19.0 Å². The third-order valence-corrected chi connectivity index (χ3v) is 3.92. The smallest absolute Gasteiger partial charge is 0.231 e. The number of amides is 1. The standard InChI is InChI=1S/C18H18FNO3/c19-15-3-6-17-13(10-15)9-14(11-23-17)18(22)20-16-4-1-12(2-5-16)7-8-21/h1-6,10,14,21H,7-9,11H2,(H,20,22). The maximum atomic E-state index is 13.3. The first-order valence-corrected chi connectivity index (χ1v) is 7.57. The molecular weight excluding hydrogens is 297 g/mol. The summed E-state index contributed by atoms with van der Waals surface area (Å²) in [5.41, 5.74) is 2.42. The fourth-order valence-corrected chi connectivity index (χ4v) is 2.66. The van der Waals surface area contributed by atoms with Crippen LogP contribution in [0, 0.1) is 11.7 Å². The molecule has 2 aromatic rings. The predicted molar refractivity (Wildman–Crippen MR) is 85.0 cm³/mol. The Labute approximate surface area is 133 Å². The van der Waals surface area contributed by atoms with E-state index in [0.717, 1.165) is 11.1 Å². The van der Waals surface area contributed by atoms with E-state index in [-0.39, 0.29) is 30.9 Å². The first-order chi connectivity index (χ1) is 11.2. The molecule has 120 valence electrons. The van der Waals surface area contributed by atoms with Crippen LogP contribution in [-0.2, 0) is 17.6 Å². The van der Waals surface area contributed by atoms with Gasteiger partial charge in [0.25, 0.3) is 0 Å². The van der Waals surface area contributed by atoms with Gasteiger partial charge in [0.15, 0.2) is 0 Å². The van der Waals surface area contributed by atoms with Gasteiger partial charge in [-0.15, -0.1) is 0 Å². The number of aliphatic hydroxyl groups is 1. The average molecular weight is 315 g/mol. The summed E-state index contributed by atoms with van der Waals surface area (Å²) in [5.74, 6) is -0.173. The number of hydrogen-bond acceptors (Lipinski definition) is 3. The van der Waals surface area contributed by atoms with Crippen molar-refractivity contribution in [3.63, 3.8) is 0 Å². The minimum absolute atomic E-state index is 0.0983. The Morgan fingerprint density at radius 3 is 2.78 bits per heavy atom. The Hall–Kier alpha value is -2.40. The van der Waals surface area contributed by atoms with E-state index in [1.54, 1.807) is 18.2 Å². The molecule has 0 spiro atoms. The van der Waals surface area contributed by atoms with E-state index in [4.69, 9.17) is 9.84 Å². The molecule has 1 aliphatic heterocycles. The quantitative estimate of drug-likeness (QED) is 0.911. The fraction of sp³-hybridized carbons (Fsp3) is 0.278. The number of nitrogens with one attached hydrogen (secondary N) is 1. The van der Waals surface area contributed by atoms with Crippen molar-refractivity contribution in [3.8, 4) is 5.75 Å². The zero-order valence-electron chi connectivity index (χ0n) is 12.6. The third kappa shape index (κ3) is 3.68. The SMILES string of the molecule is O=C(Nc1ccc(CCO)cc1)C1COc2ccc(F)cc2C1. The number of fused-ring (bicyclic) bond motifs is 1. The number of carbonyl (C=O) groups excluding carboxylic acids is 1. The van der Waals surface area contributed by atoms with Gasteiger partial charge in [-0.2, -0.15) is 0 Å². The molecule has 0 aliphatic carbocycles. The van der Waals surface area contributed by atoms with Crippen LogP contribution in [0.15, 0.2) is 42.5 Å². The molecule has 1 atom stereocenters. The van der Waals surface area contributed by atoms with Crippen molar-refractivity contribution in [2.45, 2.75) is 12.8 Å². The second kappa shape index (κ2) is 6.79. The van der Waals surface area contributed by atoms with Crippen LogP contribution < -0.4 is 10.1 Å². The number of anilines is 1. The summed E-state index contributed by atoms with van der Waals surface area (Å²) in [6.07, 6.45) is 1.05. The molecule has 3 rings (SSSR count). The Morgan fingerprint density at radius 1 is 1.26 bits per heavy atom. The molecule has 1 heterocycles. The molecule has 23 heavy (non-hydrogen) atoms. The van der Waals surface area contributed by atoms with E-state index in [1.165, 1.54) is 12.1 Å². The molecule has 5 heteroatoms. The summed E-state index contributed by atoms with van der Waals surface area (Å²) in [7, 11) is 0. The summed E-state index contributed by atoms with van der Waals surface area (Å²) in [6, 6.07) is 11.7. The molecule has 1 aliphatic rings. The number of ether oxygens (including phenoxy) is 1. The largest absolute Gasteiger partial charge is 0.492 e. The van der Waals surface area contributed by atoms with Crippen LogP contribution in [-0.4, -0.2) is 24.2 Å². The van der Waals surface area contributed by atoms with E-state index in [0.29, 0.717) is 24.3 Å². The van der Waals surface area contributed by atoms with Gasteiger partial charge in [-0.05, 0) is 54.3 Å². The molecule has 0 aromatic heterocycles. The van der Waals surface area contributed by atoms with Crippen molar-refractivity contribution in [2.75, 3.05) is 18.5 Å². The average Bonchev–Trinajstić information content (AvgIpc) is 2.56. The van der Waals surface area contributed by atoms with Crippen molar-refractivity contribution in [2.24, 2.45) is 5.92 Å². The first kappa shape index (κ1) is 15.5. The van der Waals surface area contributed by atoms with Crippen LogP contribution >= 0.6 is 0 Å². The maximum Gasteiger partial charge on any atom is 0.231 e. The summed E-state index contributed by atoms with van der Waals surface area (Å²) >= 11 is 0. The zero-order valence-corrected chi connectivity index (χ0v) is 12.6. The number of benzene rings is 2. The maximum absolute atomic E-state index is 13.3. The first-order valence-electron chi connectivity index (χ1n) is 7.57. The predicted octanol–water partition coefficient (Wildman–Crippen LogP) is 2.55. The zero-order chi connectivity index (χ0) is 16.2. The highest BCUT2D eigenvalue weighted by atomic mass is 19.1. The molecule has 0 fully saturated rings. The molecular formula is C18H18FNO3. The minimum atomic E-state index is -0.346. The van der Waals surface area contributed by atoms with Crippen LogP contribution in [0.5, 0.6) is 5.75 Å². The van der Waals surface area contributed by atoms with Gasteiger partial charge in [-0.1, -0.05) is 12.1 Å². The van der Waals surface area contributed by atoms with E-state index in [9.17, 15) is 9.18 Å². The van der Waals surface area contributed by atoms with Crippen molar-refractivity contribution in [3.05, 3.63) is 59.4 Å². The summed E-state index contributed by atoms with van der Waals surface area (Å²) < 4.78 is 18.8. The van der Waals surface area contributed by atoms with Gasteiger partial charge in [0.2, 0.25) is 5.91 Å². The molecule has 0 radical (unpaired) electrons. The Balaban J connectivity index is 1.65. The number of rotatable bonds is 4. The van der Waals surface area contributed by atoms with Crippen LogP contribution in [0.3, 0.4) is 0 Å². The van der Waals surface area contributed by atoms with Crippen molar-refractivity contribution in [1.29, 1.82) is 0 Å². The fourth-order valence-electron chi connectivity index (χ4n) is 2.66. The molecule has 1 unspecified atom stereocenters. The van der Waals surface area contributed by atoms with Crippen LogP contribution in [0.4, 0.5) is 10.1 Å². The van der Waals surface area contributed by atoms with Crippen molar-refractivity contribution >= 4 is 11.6 Å². The third-order valence-electron chi connectivity index (χ3n) is 3.92. The van der Waals surface area contributed by atoms with E-state index < -0.39 is 0 Å². The molecule has 1 amide bonds. The number of carbonyl (C=O) groups is 1. The molecule has 2 N–H and O–H groups in total. The van der Waals surface area contributed by atoms with Crippen LogP contribution in [0.2, 0.25) is 0 Å². The van der Waals surface area contributed by atoms with Gasteiger partial charge >= 0.3 is 0 Å².